The van der Waals surface area contributed by atoms with Gasteiger partial charge in [-0.25, -0.2) is 4.98 Å². The summed E-state index contributed by atoms with van der Waals surface area (Å²) in [6, 6.07) is 0.724. The van der Waals surface area contributed by atoms with Crippen LogP contribution >= 0.6 is 11.3 Å². The summed E-state index contributed by atoms with van der Waals surface area (Å²) in [5.41, 5.74) is 1.27. The molecule has 0 saturated heterocycles. The summed E-state index contributed by atoms with van der Waals surface area (Å²) in [4.78, 5) is 4.68. The van der Waals surface area contributed by atoms with Crippen molar-refractivity contribution in [2.75, 3.05) is 6.61 Å². The zero-order valence-corrected chi connectivity index (χ0v) is 11.3. The second-order valence-corrected chi connectivity index (χ2v) is 6.14. The Morgan fingerprint density at radius 3 is 2.82 bits per heavy atom. The van der Waals surface area contributed by atoms with Crippen molar-refractivity contribution in [3.05, 3.63) is 16.1 Å². The summed E-state index contributed by atoms with van der Waals surface area (Å²) in [5.74, 6) is 0. The lowest BCUT2D eigenvalue weighted by Gasteiger charge is -2.46. The van der Waals surface area contributed by atoms with E-state index in [9.17, 15) is 0 Å². The standard InChI is InChI=1S/C13H20N2OS/c1-3-16-11-6-13(7-11,15-10-4-5-10)12-14-9(2)8-17-12/h8,10-11,15H,3-7H2,1-2H3. The molecule has 1 N–H and O–H groups in total. The third-order valence-corrected chi connectivity index (χ3v) is 4.81. The highest BCUT2D eigenvalue weighted by Crippen LogP contribution is 2.46. The Kier molecular flexibility index (Phi) is 2.97. The van der Waals surface area contributed by atoms with Crippen LogP contribution < -0.4 is 5.32 Å². The van der Waals surface area contributed by atoms with Crippen molar-refractivity contribution in [2.24, 2.45) is 0 Å². The predicted octanol–water partition coefficient (Wildman–Crippen LogP) is 2.60. The highest BCUT2D eigenvalue weighted by atomic mass is 32.1. The highest BCUT2D eigenvalue weighted by Gasteiger charge is 2.50. The third kappa shape index (κ3) is 2.26. The Balaban J connectivity index is 1.73. The van der Waals surface area contributed by atoms with Gasteiger partial charge in [0.1, 0.15) is 5.01 Å². The molecule has 0 amide bonds. The molecule has 1 aromatic rings. The van der Waals surface area contributed by atoms with Crippen LogP contribution in [0.3, 0.4) is 0 Å². The van der Waals surface area contributed by atoms with Crippen LogP contribution in [0.4, 0.5) is 0 Å². The number of nitrogens with one attached hydrogen (secondary N) is 1. The lowest BCUT2D eigenvalue weighted by atomic mass is 9.74. The molecule has 0 aromatic carbocycles. The van der Waals surface area contributed by atoms with Crippen LogP contribution in [0, 0.1) is 6.92 Å². The van der Waals surface area contributed by atoms with E-state index >= 15 is 0 Å². The van der Waals surface area contributed by atoms with E-state index in [0.717, 1.165) is 31.2 Å². The van der Waals surface area contributed by atoms with Gasteiger partial charge in [0.15, 0.2) is 0 Å². The maximum atomic E-state index is 5.70. The predicted molar refractivity (Wildman–Crippen MR) is 69.3 cm³/mol. The molecule has 0 aliphatic heterocycles. The number of hydrogen-bond acceptors (Lipinski definition) is 4. The van der Waals surface area contributed by atoms with Gasteiger partial charge < -0.3 is 10.1 Å². The van der Waals surface area contributed by atoms with E-state index in [1.807, 2.05) is 0 Å². The van der Waals surface area contributed by atoms with E-state index in [4.69, 9.17) is 4.74 Å². The summed E-state index contributed by atoms with van der Waals surface area (Å²) < 4.78 is 5.70. The summed E-state index contributed by atoms with van der Waals surface area (Å²) in [6.07, 6.45) is 5.25. The second kappa shape index (κ2) is 4.34. The zero-order chi connectivity index (χ0) is 11.9. The minimum atomic E-state index is 0.125. The van der Waals surface area contributed by atoms with E-state index < -0.39 is 0 Å². The van der Waals surface area contributed by atoms with Gasteiger partial charge in [-0.05, 0) is 39.5 Å². The van der Waals surface area contributed by atoms with Crippen LogP contribution in [0.1, 0.15) is 43.3 Å². The van der Waals surface area contributed by atoms with Gasteiger partial charge in [0.25, 0.3) is 0 Å². The molecule has 2 aliphatic carbocycles. The maximum absolute atomic E-state index is 5.70. The molecule has 3 nitrogen and oxygen atoms in total. The van der Waals surface area contributed by atoms with Gasteiger partial charge >= 0.3 is 0 Å². The van der Waals surface area contributed by atoms with Crippen LogP contribution in [0.5, 0.6) is 0 Å². The highest BCUT2D eigenvalue weighted by molar-refractivity contribution is 7.09. The first-order valence-corrected chi connectivity index (χ1v) is 7.42. The molecule has 17 heavy (non-hydrogen) atoms. The molecule has 0 bridgehead atoms. The Morgan fingerprint density at radius 2 is 2.29 bits per heavy atom. The van der Waals surface area contributed by atoms with Gasteiger partial charge in [0, 0.05) is 23.7 Å². The lowest BCUT2D eigenvalue weighted by molar-refractivity contribution is -0.0544. The number of ether oxygens (including phenoxy) is 1. The molecule has 3 rings (SSSR count). The average Bonchev–Trinajstić information content (AvgIpc) is 2.96. The number of nitrogens with zero attached hydrogens (tertiary/aromatic N) is 1. The Labute approximate surface area is 107 Å². The van der Waals surface area contributed by atoms with Crippen molar-refractivity contribution in [2.45, 2.75) is 57.2 Å². The topological polar surface area (TPSA) is 34.1 Å². The quantitative estimate of drug-likeness (QED) is 0.874. The molecular formula is C13H20N2OS. The minimum Gasteiger partial charge on any atom is -0.378 e. The molecule has 0 atom stereocenters. The van der Waals surface area contributed by atoms with Gasteiger partial charge in [-0.15, -0.1) is 11.3 Å². The van der Waals surface area contributed by atoms with E-state index in [0.29, 0.717) is 6.10 Å². The van der Waals surface area contributed by atoms with Gasteiger partial charge in [-0.1, -0.05) is 0 Å². The molecule has 0 spiro atoms. The second-order valence-electron chi connectivity index (χ2n) is 5.28. The summed E-state index contributed by atoms with van der Waals surface area (Å²) in [7, 11) is 0. The average molecular weight is 252 g/mol. The van der Waals surface area contributed by atoms with Crippen LogP contribution in [0.15, 0.2) is 5.38 Å². The summed E-state index contributed by atoms with van der Waals surface area (Å²) in [6.45, 7) is 4.96. The molecule has 0 unspecified atom stereocenters. The van der Waals surface area contributed by atoms with Crippen molar-refractivity contribution in [1.82, 2.24) is 10.3 Å². The number of hydrogen-bond donors (Lipinski definition) is 1. The SMILES string of the molecule is CCOC1CC(NC2CC2)(c2nc(C)cs2)C1. The first kappa shape index (κ1) is 11.6. The fourth-order valence-electron chi connectivity index (χ4n) is 2.62. The van der Waals surface area contributed by atoms with Crippen LogP contribution in [-0.2, 0) is 10.3 Å². The number of aryl methyl sites for hydroxylation is 1. The fraction of sp³-hybridized carbons (Fsp3) is 0.769. The summed E-state index contributed by atoms with van der Waals surface area (Å²) >= 11 is 1.79. The van der Waals surface area contributed by atoms with Gasteiger partial charge in [-0.2, -0.15) is 0 Å². The van der Waals surface area contributed by atoms with E-state index in [1.165, 1.54) is 17.8 Å². The largest absolute Gasteiger partial charge is 0.378 e. The zero-order valence-electron chi connectivity index (χ0n) is 10.5. The number of rotatable bonds is 5. The molecule has 1 aromatic heterocycles. The molecular weight excluding hydrogens is 232 g/mol. The first-order valence-electron chi connectivity index (χ1n) is 6.54. The molecule has 2 fully saturated rings. The van der Waals surface area contributed by atoms with Gasteiger partial charge in [0.05, 0.1) is 11.6 Å². The van der Waals surface area contributed by atoms with Crippen LogP contribution in [0.2, 0.25) is 0 Å². The minimum absolute atomic E-state index is 0.125. The van der Waals surface area contributed by atoms with E-state index in [1.54, 1.807) is 11.3 Å². The fourth-order valence-corrected chi connectivity index (χ4v) is 3.60. The van der Waals surface area contributed by atoms with Gasteiger partial charge in [-0.3, -0.25) is 0 Å². The number of aromatic nitrogens is 1. The van der Waals surface area contributed by atoms with Crippen molar-refractivity contribution in [3.8, 4) is 0 Å². The lowest BCUT2D eigenvalue weighted by Crippen LogP contribution is -2.56. The first-order chi connectivity index (χ1) is 8.22. The Bertz CT molecular complexity index is 394. The van der Waals surface area contributed by atoms with Crippen molar-refractivity contribution >= 4 is 11.3 Å². The molecule has 2 saturated carbocycles. The smallest absolute Gasteiger partial charge is 0.113 e. The normalized spacial score (nSPS) is 32.5. The Morgan fingerprint density at radius 1 is 1.53 bits per heavy atom. The molecule has 1 heterocycles. The molecule has 94 valence electrons. The maximum Gasteiger partial charge on any atom is 0.113 e. The van der Waals surface area contributed by atoms with Crippen molar-refractivity contribution < 1.29 is 4.74 Å². The Hall–Kier alpha value is -0.450. The molecule has 0 radical (unpaired) electrons. The number of thiazole rings is 1. The van der Waals surface area contributed by atoms with Crippen molar-refractivity contribution in [1.29, 1.82) is 0 Å². The van der Waals surface area contributed by atoms with Gasteiger partial charge in [0.2, 0.25) is 0 Å². The third-order valence-electron chi connectivity index (χ3n) is 3.64. The van der Waals surface area contributed by atoms with Crippen LogP contribution in [0.25, 0.3) is 0 Å². The monoisotopic (exact) mass is 252 g/mol. The molecule has 4 heteroatoms. The summed E-state index contributed by atoms with van der Waals surface area (Å²) in [5, 5.41) is 7.20. The van der Waals surface area contributed by atoms with Crippen LogP contribution in [-0.4, -0.2) is 23.7 Å². The van der Waals surface area contributed by atoms with E-state index in [2.05, 4.69) is 29.5 Å². The molecule has 2 aliphatic rings. The van der Waals surface area contributed by atoms with E-state index in [-0.39, 0.29) is 5.54 Å². The van der Waals surface area contributed by atoms with Crippen molar-refractivity contribution in [3.63, 3.8) is 0 Å².